The fourth-order valence-electron chi connectivity index (χ4n) is 2.57. The molecule has 0 spiro atoms. The first-order valence-corrected chi connectivity index (χ1v) is 6.40. The van der Waals surface area contributed by atoms with Crippen molar-refractivity contribution < 1.29 is 13.9 Å². The molecule has 2 N–H and O–H groups in total. The lowest BCUT2D eigenvalue weighted by Gasteiger charge is -2.14. The Bertz CT molecular complexity index is 706. The highest BCUT2D eigenvalue weighted by Crippen LogP contribution is 2.29. The molecule has 1 aromatic carbocycles. The van der Waals surface area contributed by atoms with E-state index in [2.05, 4.69) is 20.2 Å². The first-order chi connectivity index (χ1) is 9.69. The second kappa shape index (κ2) is 4.96. The highest BCUT2D eigenvalue weighted by Gasteiger charge is 2.21. The number of halogens is 1. The van der Waals surface area contributed by atoms with Crippen molar-refractivity contribution in [2.24, 2.45) is 5.10 Å². The van der Waals surface area contributed by atoms with E-state index in [9.17, 15) is 9.18 Å². The Hall–Kier alpha value is -2.37. The third-order valence-corrected chi connectivity index (χ3v) is 3.43. The van der Waals surface area contributed by atoms with E-state index in [1.807, 2.05) is 0 Å². The molecule has 1 amide bonds. The topological polar surface area (TPSA) is 66.5 Å². The number of aromatic amines is 1. The van der Waals surface area contributed by atoms with Crippen LogP contribution in [0.15, 0.2) is 23.3 Å². The largest absolute Gasteiger partial charge is 0.452 e. The number of aryl methyl sites for hydroxylation is 1. The number of fused-ring (bicyclic) bond motifs is 3. The van der Waals surface area contributed by atoms with Crippen molar-refractivity contribution in [2.75, 3.05) is 7.11 Å². The standard InChI is InChI=1S/C14H14FN3O2/c1-20-14(19)18-17-12-4-2-3-11-13(12)9-7-8(15)5-6-10(9)16-11/h5-7,16H,2-4H2,1H3,(H,18,19). The molecule has 2 aromatic rings. The zero-order valence-corrected chi connectivity index (χ0v) is 11.0. The summed E-state index contributed by atoms with van der Waals surface area (Å²) in [5.74, 6) is -0.287. The summed E-state index contributed by atoms with van der Waals surface area (Å²) in [6.07, 6.45) is 1.95. The van der Waals surface area contributed by atoms with Crippen LogP contribution in [0.1, 0.15) is 24.1 Å². The van der Waals surface area contributed by atoms with E-state index in [1.54, 1.807) is 6.07 Å². The van der Waals surface area contributed by atoms with Gasteiger partial charge < -0.3 is 9.72 Å². The number of carbonyl (C=O) groups excluding carboxylic acids is 1. The quantitative estimate of drug-likeness (QED) is 0.786. The van der Waals surface area contributed by atoms with Crippen molar-refractivity contribution in [1.82, 2.24) is 10.4 Å². The van der Waals surface area contributed by atoms with Gasteiger partial charge in [-0.25, -0.2) is 14.6 Å². The molecule has 6 heteroatoms. The first kappa shape index (κ1) is 12.7. The minimum atomic E-state index is -0.615. The fourth-order valence-corrected chi connectivity index (χ4v) is 2.57. The lowest BCUT2D eigenvalue weighted by molar-refractivity contribution is 0.171. The van der Waals surface area contributed by atoms with Gasteiger partial charge in [-0.3, -0.25) is 0 Å². The molecule has 0 unspecified atom stereocenters. The Kier molecular flexibility index (Phi) is 3.14. The minimum absolute atomic E-state index is 0.287. The van der Waals surface area contributed by atoms with E-state index in [4.69, 9.17) is 0 Å². The number of rotatable bonds is 1. The molecule has 0 aliphatic heterocycles. The second-order valence-electron chi connectivity index (χ2n) is 4.68. The number of hydrazone groups is 1. The summed E-state index contributed by atoms with van der Waals surface area (Å²) in [6.45, 7) is 0. The first-order valence-electron chi connectivity index (χ1n) is 6.40. The molecule has 1 aliphatic rings. The molecule has 0 radical (unpaired) electrons. The van der Waals surface area contributed by atoms with E-state index < -0.39 is 6.09 Å². The number of hydrogen-bond acceptors (Lipinski definition) is 3. The number of hydrogen-bond donors (Lipinski definition) is 2. The van der Waals surface area contributed by atoms with Crippen LogP contribution in [0.25, 0.3) is 10.9 Å². The highest BCUT2D eigenvalue weighted by atomic mass is 19.1. The van der Waals surface area contributed by atoms with E-state index >= 15 is 0 Å². The van der Waals surface area contributed by atoms with Gasteiger partial charge in [0.05, 0.1) is 12.8 Å². The van der Waals surface area contributed by atoms with Gasteiger partial charge in [0.2, 0.25) is 0 Å². The van der Waals surface area contributed by atoms with Crippen LogP contribution < -0.4 is 5.43 Å². The number of ether oxygens (including phenoxy) is 1. The molecule has 0 saturated carbocycles. The molecular formula is C14H14FN3O2. The third-order valence-electron chi connectivity index (χ3n) is 3.43. The zero-order chi connectivity index (χ0) is 14.1. The lowest BCUT2D eigenvalue weighted by Crippen LogP contribution is -2.21. The lowest BCUT2D eigenvalue weighted by atomic mass is 9.93. The van der Waals surface area contributed by atoms with Crippen LogP contribution in [0, 0.1) is 5.82 Å². The minimum Gasteiger partial charge on any atom is -0.452 e. The molecule has 104 valence electrons. The molecule has 0 fully saturated rings. The van der Waals surface area contributed by atoms with Crippen LogP contribution in [-0.2, 0) is 11.2 Å². The smallest absolute Gasteiger partial charge is 0.427 e. The Balaban J connectivity index is 2.08. The molecule has 1 heterocycles. The molecule has 0 atom stereocenters. The SMILES string of the molecule is COC(=O)NN=C1CCCc2[nH]c3ccc(F)cc3c21. The fraction of sp³-hybridized carbons (Fsp3) is 0.286. The summed E-state index contributed by atoms with van der Waals surface area (Å²) < 4.78 is 17.9. The van der Waals surface area contributed by atoms with Crippen LogP contribution in [0.4, 0.5) is 9.18 Å². The van der Waals surface area contributed by atoms with Crippen LogP contribution in [0.3, 0.4) is 0 Å². The van der Waals surface area contributed by atoms with Crippen molar-refractivity contribution in [3.63, 3.8) is 0 Å². The number of nitrogens with zero attached hydrogens (tertiary/aromatic N) is 1. The van der Waals surface area contributed by atoms with Gasteiger partial charge in [-0.1, -0.05) is 0 Å². The molecular weight excluding hydrogens is 261 g/mol. The average Bonchev–Trinajstić information content (AvgIpc) is 2.83. The van der Waals surface area contributed by atoms with Crippen molar-refractivity contribution in [2.45, 2.75) is 19.3 Å². The molecule has 0 saturated heterocycles. The van der Waals surface area contributed by atoms with E-state index in [1.165, 1.54) is 19.2 Å². The number of aromatic nitrogens is 1. The van der Waals surface area contributed by atoms with Gasteiger partial charge in [0, 0.05) is 22.2 Å². The summed E-state index contributed by atoms with van der Waals surface area (Å²) in [5.41, 5.74) is 5.87. The van der Waals surface area contributed by atoms with Crippen LogP contribution in [-0.4, -0.2) is 23.9 Å². The van der Waals surface area contributed by atoms with Crippen LogP contribution >= 0.6 is 0 Å². The van der Waals surface area contributed by atoms with Gasteiger partial charge in [-0.05, 0) is 37.5 Å². The Morgan fingerprint density at radius 1 is 1.45 bits per heavy atom. The Morgan fingerprint density at radius 3 is 3.10 bits per heavy atom. The van der Waals surface area contributed by atoms with Crippen molar-refractivity contribution in [3.05, 3.63) is 35.3 Å². The van der Waals surface area contributed by atoms with E-state index in [0.29, 0.717) is 0 Å². The summed E-state index contributed by atoms with van der Waals surface area (Å²) in [4.78, 5) is 14.4. The normalized spacial score (nSPS) is 16.2. The number of amides is 1. The Morgan fingerprint density at radius 2 is 2.30 bits per heavy atom. The molecule has 5 nitrogen and oxygen atoms in total. The number of nitrogens with one attached hydrogen (secondary N) is 2. The van der Waals surface area contributed by atoms with Gasteiger partial charge in [0.15, 0.2) is 0 Å². The van der Waals surface area contributed by atoms with Crippen molar-refractivity contribution in [3.8, 4) is 0 Å². The summed E-state index contributed by atoms with van der Waals surface area (Å²) in [7, 11) is 1.28. The number of benzene rings is 1. The Labute approximate surface area is 114 Å². The van der Waals surface area contributed by atoms with Gasteiger partial charge in [-0.15, -0.1) is 0 Å². The second-order valence-corrected chi connectivity index (χ2v) is 4.68. The molecule has 3 rings (SSSR count). The van der Waals surface area contributed by atoms with E-state index in [0.717, 1.165) is 47.1 Å². The maximum atomic E-state index is 13.4. The van der Waals surface area contributed by atoms with Gasteiger partial charge in [-0.2, -0.15) is 5.10 Å². The zero-order valence-electron chi connectivity index (χ0n) is 11.0. The summed E-state index contributed by atoms with van der Waals surface area (Å²) in [6, 6.07) is 4.63. The van der Waals surface area contributed by atoms with Gasteiger partial charge >= 0.3 is 6.09 Å². The highest BCUT2D eigenvalue weighted by molar-refractivity contribution is 6.12. The summed E-state index contributed by atoms with van der Waals surface area (Å²) >= 11 is 0. The predicted octanol–water partition coefficient (Wildman–Crippen LogP) is 2.70. The van der Waals surface area contributed by atoms with Gasteiger partial charge in [0.25, 0.3) is 0 Å². The molecule has 1 aliphatic carbocycles. The predicted molar refractivity (Wildman–Crippen MR) is 73.3 cm³/mol. The van der Waals surface area contributed by atoms with Crippen molar-refractivity contribution in [1.29, 1.82) is 0 Å². The average molecular weight is 275 g/mol. The maximum Gasteiger partial charge on any atom is 0.427 e. The number of H-pyrrole nitrogens is 1. The molecule has 0 bridgehead atoms. The molecule has 20 heavy (non-hydrogen) atoms. The summed E-state index contributed by atoms with van der Waals surface area (Å²) in [5, 5.41) is 4.89. The van der Waals surface area contributed by atoms with Crippen LogP contribution in [0.5, 0.6) is 0 Å². The van der Waals surface area contributed by atoms with E-state index in [-0.39, 0.29) is 5.82 Å². The molecule has 1 aromatic heterocycles. The van der Waals surface area contributed by atoms with Crippen LogP contribution in [0.2, 0.25) is 0 Å². The monoisotopic (exact) mass is 275 g/mol. The number of carbonyl (C=O) groups is 1. The maximum absolute atomic E-state index is 13.4. The van der Waals surface area contributed by atoms with Crippen molar-refractivity contribution >= 4 is 22.7 Å². The third kappa shape index (κ3) is 2.13. The van der Waals surface area contributed by atoms with Gasteiger partial charge in [0.1, 0.15) is 5.82 Å². The number of methoxy groups -OCH3 is 1.